The van der Waals surface area contributed by atoms with E-state index in [1.54, 1.807) is 22.8 Å². The Kier molecular flexibility index (Phi) is 4.05. The standard InChI is InChI=1S/C18H24N6O2/c1-11-14(10-19-23(11)3)17-13(9-16(25)22(17)2)18(26)20-15-8-12-6-4-5-7-24(12)21-15/h8,10,13,17H,4-7,9H2,1-3H3,(H,20,21,26)/t13-,17-/m0/s1. The highest BCUT2D eigenvalue weighted by molar-refractivity contribution is 5.97. The first-order valence-corrected chi connectivity index (χ1v) is 9.07. The van der Waals surface area contributed by atoms with Gasteiger partial charge in [-0.15, -0.1) is 0 Å². The molecule has 1 saturated heterocycles. The molecular formula is C18H24N6O2. The maximum Gasteiger partial charge on any atom is 0.231 e. The summed E-state index contributed by atoms with van der Waals surface area (Å²) in [5.74, 6) is -0.0568. The number of anilines is 1. The van der Waals surface area contributed by atoms with Crippen molar-refractivity contribution in [1.29, 1.82) is 0 Å². The van der Waals surface area contributed by atoms with Crippen molar-refractivity contribution >= 4 is 17.6 Å². The van der Waals surface area contributed by atoms with Crippen LogP contribution in [0.3, 0.4) is 0 Å². The van der Waals surface area contributed by atoms with E-state index < -0.39 is 5.92 Å². The van der Waals surface area contributed by atoms with Gasteiger partial charge in [0.25, 0.3) is 0 Å². The molecule has 1 fully saturated rings. The van der Waals surface area contributed by atoms with Crippen molar-refractivity contribution in [3.05, 3.63) is 29.2 Å². The van der Waals surface area contributed by atoms with E-state index in [-0.39, 0.29) is 24.3 Å². The maximum atomic E-state index is 13.0. The molecule has 0 unspecified atom stereocenters. The summed E-state index contributed by atoms with van der Waals surface area (Å²) in [6, 6.07) is 1.65. The van der Waals surface area contributed by atoms with E-state index in [0.717, 1.165) is 42.8 Å². The van der Waals surface area contributed by atoms with Crippen LogP contribution in [0, 0.1) is 12.8 Å². The van der Waals surface area contributed by atoms with Gasteiger partial charge in [-0.2, -0.15) is 10.2 Å². The van der Waals surface area contributed by atoms with Crippen LogP contribution in [0.15, 0.2) is 12.3 Å². The summed E-state index contributed by atoms with van der Waals surface area (Å²) in [6.07, 6.45) is 5.22. The van der Waals surface area contributed by atoms with Crippen molar-refractivity contribution in [2.75, 3.05) is 12.4 Å². The number of aromatic nitrogens is 4. The van der Waals surface area contributed by atoms with E-state index in [2.05, 4.69) is 15.5 Å². The third kappa shape index (κ3) is 2.69. The summed E-state index contributed by atoms with van der Waals surface area (Å²) in [7, 11) is 3.61. The van der Waals surface area contributed by atoms with E-state index in [4.69, 9.17) is 0 Å². The Balaban J connectivity index is 1.58. The van der Waals surface area contributed by atoms with Gasteiger partial charge in [-0.1, -0.05) is 0 Å². The highest BCUT2D eigenvalue weighted by Gasteiger charge is 2.44. The number of nitrogens with zero attached hydrogens (tertiary/aromatic N) is 5. The minimum Gasteiger partial charge on any atom is -0.338 e. The number of likely N-dealkylation sites (tertiary alicyclic amines) is 1. The quantitative estimate of drug-likeness (QED) is 0.901. The Morgan fingerprint density at radius 3 is 2.81 bits per heavy atom. The molecule has 0 spiro atoms. The average Bonchev–Trinajstić information content (AvgIpc) is 3.26. The maximum absolute atomic E-state index is 13.0. The van der Waals surface area contributed by atoms with Crippen LogP contribution in [-0.2, 0) is 29.6 Å². The zero-order chi connectivity index (χ0) is 18.4. The van der Waals surface area contributed by atoms with Gasteiger partial charge < -0.3 is 10.2 Å². The molecule has 1 N–H and O–H groups in total. The SMILES string of the molecule is Cc1c([C@@H]2[C@@H](C(=O)Nc3cc4n(n3)CCCC4)CC(=O)N2C)cnn1C. The van der Waals surface area contributed by atoms with Gasteiger partial charge in [0.2, 0.25) is 11.8 Å². The minimum atomic E-state index is -0.450. The molecule has 4 heterocycles. The summed E-state index contributed by atoms with van der Waals surface area (Å²) in [6.45, 7) is 2.85. The Hall–Kier alpha value is -2.64. The number of aryl methyl sites for hydroxylation is 3. The van der Waals surface area contributed by atoms with Crippen molar-refractivity contribution in [3.8, 4) is 0 Å². The normalized spacial score (nSPS) is 22.6. The third-order valence-corrected chi connectivity index (χ3v) is 5.68. The topological polar surface area (TPSA) is 85.1 Å². The molecule has 2 aliphatic heterocycles. The number of hydrogen-bond acceptors (Lipinski definition) is 4. The first kappa shape index (κ1) is 16.8. The zero-order valence-corrected chi connectivity index (χ0v) is 15.4. The van der Waals surface area contributed by atoms with Crippen molar-refractivity contribution in [2.45, 2.75) is 45.2 Å². The Morgan fingerprint density at radius 2 is 2.12 bits per heavy atom. The number of nitrogens with one attached hydrogen (secondary N) is 1. The lowest BCUT2D eigenvalue weighted by molar-refractivity contribution is -0.128. The summed E-state index contributed by atoms with van der Waals surface area (Å²) < 4.78 is 3.73. The summed E-state index contributed by atoms with van der Waals surface area (Å²) in [4.78, 5) is 26.9. The van der Waals surface area contributed by atoms with Crippen molar-refractivity contribution in [3.63, 3.8) is 0 Å². The second kappa shape index (κ2) is 6.26. The highest BCUT2D eigenvalue weighted by atomic mass is 16.2. The molecule has 0 bridgehead atoms. The predicted octanol–water partition coefficient (Wildman–Crippen LogP) is 1.42. The smallest absolute Gasteiger partial charge is 0.231 e. The average molecular weight is 356 g/mol. The zero-order valence-electron chi connectivity index (χ0n) is 15.4. The van der Waals surface area contributed by atoms with Crippen LogP contribution in [0.5, 0.6) is 0 Å². The summed E-state index contributed by atoms with van der Waals surface area (Å²) >= 11 is 0. The number of carbonyl (C=O) groups excluding carboxylic acids is 2. The molecule has 26 heavy (non-hydrogen) atoms. The number of amides is 2. The van der Waals surface area contributed by atoms with Gasteiger partial charge in [-0.3, -0.25) is 19.0 Å². The number of rotatable bonds is 3. The number of fused-ring (bicyclic) bond motifs is 1. The van der Waals surface area contributed by atoms with Crippen molar-refractivity contribution < 1.29 is 9.59 Å². The van der Waals surface area contributed by atoms with Crippen molar-refractivity contribution in [2.24, 2.45) is 13.0 Å². The molecule has 0 aromatic carbocycles. The lowest BCUT2D eigenvalue weighted by Gasteiger charge is -2.24. The summed E-state index contributed by atoms with van der Waals surface area (Å²) in [5.41, 5.74) is 3.04. The van der Waals surface area contributed by atoms with E-state index >= 15 is 0 Å². The molecule has 2 aliphatic rings. The van der Waals surface area contributed by atoms with Crippen LogP contribution in [0.2, 0.25) is 0 Å². The lowest BCUT2D eigenvalue weighted by Crippen LogP contribution is -2.30. The van der Waals surface area contributed by atoms with Crippen LogP contribution in [-0.4, -0.2) is 43.3 Å². The molecule has 2 atom stereocenters. The molecule has 2 aromatic heterocycles. The monoisotopic (exact) mass is 356 g/mol. The van der Waals surface area contributed by atoms with Crippen LogP contribution < -0.4 is 5.32 Å². The van der Waals surface area contributed by atoms with Gasteiger partial charge in [0.05, 0.1) is 18.2 Å². The van der Waals surface area contributed by atoms with Crippen LogP contribution >= 0.6 is 0 Å². The number of carbonyl (C=O) groups is 2. The first-order chi connectivity index (χ1) is 12.5. The van der Waals surface area contributed by atoms with Crippen LogP contribution in [0.1, 0.15) is 42.3 Å². The Morgan fingerprint density at radius 1 is 1.31 bits per heavy atom. The molecule has 0 radical (unpaired) electrons. The first-order valence-electron chi connectivity index (χ1n) is 9.07. The fourth-order valence-corrected chi connectivity index (χ4v) is 4.03. The van der Waals surface area contributed by atoms with Crippen molar-refractivity contribution in [1.82, 2.24) is 24.5 Å². The molecule has 2 amide bonds. The molecular weight excluding hydrogens is 332 g/mol. The van der Waals surface area contributed by atoms with Crippen LogP contribution in [0.25, 0.3) is 0 Å². The lowest BCUT2D eigenvalue weighted by atomic mass is 9.93. The highest BCUT2D eigenvalue weighted by Crippen LogP contribution is 2.38. The van der Waals surface area contributed by atoms with Gasteiger partial charge in [0.15, 0.2) is 5.82 Å². The van der Waals surface area contributed by atoms with Gasteiger partial charge in [-0.25, -0.2) is 0 Å². The fourth-order valence-electron chi connectivity index (χ4n) is 4.03. The van der Waals surface area contributed by atoms with E-state index in [0.29, 0.717) is 5.82 Å². The predicted molar refractivity (Wildman–Crippen MR) is 95.4 cm³/mol. The molecule has 8 nitrogen and oxygen atoms in total. The van der Waals surface area contributed by atoms with E-state index in [9.17, 15) is 9.59 Å². The molecule has 138 valence electrons. The van der Waals surface area contributed by atoms with E-state index in [1.165, 1.54) is 0 Å². The minimum absolute atomic E-state index is 0.0254. The number of hydrogen-bond donors (Lipinski definition) is 1. The molecule has 2 aromatic rings. The van der Waals surface area contributed by atoms with Gasteiger partial charge in [0, 0.05) is 50.1 Å². The van der Waals surface area contributed by atoms with Gasteiger partial charge >= 0.3 is 0 Å². The molecule has 0 saturated carbocycles. The molecule has 8 heteroatoms. The molecule has 0 aliphatic carbocycles. The largest absolute Gasteiger partial charge is 0.338 e. The Labute approximate surface area is 152 Å². The molecule has 4 rings (SSSR count). The van der Waals surface area contributed by atoms with E-state index in [1.807, 2.05) is 24.7 Å². The fraction of sp³-hybridized carbons (Fsp3) is 0.556. The van der Waals surface area contributed by atoms with Gasteiger partial charge in [-0.05, 0) is 26.2 Å². The second-order valence-electron chi connectivity index (χ2n) is 7.26. The summed E-state index contributed by atoms with van der Waals surface area (Å²) in [5, 5.41) is 11.7. The third-order valence-electron chi connectivity index (χ3n) is 5.68. The Bertz CT molecular complexity index is 844. The second-order valence-corrected chi connectivity index (χ2v) is 7.26. The van der Waals surface area contributed by atoms with Crippen LogP contribution in [0.4, 0.5) is 5.82 Å². The van der Waals surface area contributed by atoms with Gasteiger partial charge in [0.1, 0.15) is 0 Å².